The second-order valence-corrected chi connectivity index (χ2v) is 3.73. The summed E-state index contributed by atoms with van der Waals surface area (Å²) in [5.74, 6) is -0.0228. The summed E-state index contributed by atoms with van der Waals surface area (Å²) >= 11 is 0. The largest absolute Gasteiger partial charge is 0.470 e. The van der Waals surface area contributed by atoms with Gasteiger partial charge in [0.15, 0.2) is 12.2 Å². The second-order valence-electron chi connectivity index (χ2n) is 3.73. The second kappa shape index (κ2) is 3.92. The van der Waals surface area contributed by atoms with Gasteiger partial charge in [-0.05, 0) is 18.8 Å². The van der Waals surface area contributed by atoms with Crippen molar-refractivity contribution in [3.63, 3.8) is 0 Å². The summed E-state index contributed by atoms with van der Waals surface area (Å²) in [5.41, 5.74) is 0.0122. The van der Waals surface area contributed by atoms with Crippen LogP contribution in [0.4, 0.5) is 0 Å². The van der Waals surface area contributed by atoms with Crippen molar-refractivity contribution in [3.8, 4) is 0 Å². The fraction of sp³-hybridized carbons (Fsp3) is 0.600. The lowest BCUT2D eigenvalue weighted by molar-refractivity contribution is -0.137. The van der Waals surface area contributed by atoms with E-state index in [1.807, 2.05) is 0 Å². The van der Waals surface area contributed by atoms with E-state index < -0.39 is 5.97 Å². The molecule has 15 heavy (non-hydrogen) atoms. The quantitative estimate of drug-likeness (QED) is 0.522. The first-order chi connectivity index (χ1) is 7.22. The Kier molecular flexibility index (Phi) is 2.62. The standard InChI is InChI=1S/C10H13NO4/c1-14-10(13)8-7(12)5-15-9(8)11-4-6-2-3-6/h6,11H,2-5H2,1H3. The van der Waals surface area contributed by atoms with Crippen molar-refractivity contribution in [2.45, 2.75) is 12.8 Å². The SMILES string of the molecule is COC(=O)C1=C(NCC2CC2)OCC1=O. The average Bonchev–Trinajstić information content (AvgIpc) is 2.99. The van der Waals surface area contributed by atoms with E-state index in [-0.39, 0.29) is 23.8 Å². The van der Waals surface area contributed by atoms with E-state index in [0.29, 0.717) is 5.92 Å². The number of ketones is 1. The maximum Gasteiger partial charge on any atom is 0.347 e. The summed E-state index contributed by atoms with van der Waals surface area (Å²) in [4.78, 5) is 22.6. The first kappa shape index (κ1) is 10.0. The third-order valence-corrected chi connectivity index (χ3v) is 2.49. The highest BCUT2D eigenvalue weighted by Crippen LogP contribution is 2.28. The Balaban J connectivity index is 2.05. The Labute approximate surface area is 87.4 Å². The number of methoxy groups -OCH3 is 1. The minimum atomic E-state index is -0.629. The van der Waals surface area contributed by atoms with Crippen LogP contribution in [-0.2, 0) is 19.1 Å². The summed E-state index contributed by atoms with van der Waals surface area (Å²) < 4.78 is 9.62. The number of carbonyl (C=O) groups is 2. The third kappa shape index (κ3) is 2.11. The van der Waals surface area contributed by atoms with E-state index in [4.69, 9.17) is 4.74 Å². The van der Waals surface area contributed by atoms with Crippen molar-refractivity contribution in [1.82, 2.24) is 5.32 Å². The molecule has 1 N–H and O–H groups in total. The molecule has 5 heteroatoms. The van der Waals surface area contributed by atoms with Gasteiger partial charge in [0.1, 0.15) is 0 Å². The number of hydrogen-bond donors (Lipinski definition) is 1. The van der Waals surface area contributed by atoms with Crippen molar-refractivity contribution >= 4 is 11.8 Å². The molecule has 1 saturated carbocycles. The molecular weight excluding hydrogens is 198 g/mol. The molecule has 0 bridgehead atoms. The van der Waals surface area contributed by atoms with Crippen LogP contribution in [0, 0.1) is 5.92 Å². The first-order valence-electron chi connectivity index (χ1n) is 4.95. The maximum absolute atomic E-state index is 11.3. The maximum atomic E-state index is 11.3. The number of esters is 1. The Bertz CT molecular complexity index is 330. The van der Waals surface area contributed by atoms with Gasteiger partial charge in [0.2, 0.25) is 11.7 Å². The van der Waals surface area contributed by atoms with Crippen molar-refractivity contribution in [2.24, 2.45) is 5.92 Å². The van der Waals surface area contributed by atoms with Gasteiger partial charge >= 0.3 is 5.97 Å². The van der Waals surface area contributed by atoms with Crippen LogP contribution in [0.25, 0.3) is 0 Å². The van der Waals surface area contributed by atoms with E-state index in [0.717, 1.165) is 6.54 Å². The molecule has 0 amide bonds. The van der Waals surface area contributed by atoms with Crippen LogP contribution in [0.5, 0.6) is 0 Å². The van der Waals surface area contributed by atoms with Gasteiger partial charge < -0.3 is 14.8 Å². The Morgan fingerprint density at radius 2 is 2.33 bits per heavy atom. The van der Waals surface area contributed by atoms with Crippen LogP contribution in [0.15, 0.2) is 11.5 Å². The summed E-state index contributed by atoms with van der Waals surface area (Å²) in [6.45, 7) is 0.681. The van der Waals surface area contributed by atoms with Gasteiger partial charge in [0, 0.05) is 6.54 Å². The number of Topliss-reactive ketones (excluding diaryl/α,β-unsaturated/α-hetero) is 1. The molecule has 1 heterocycles. The highest BCUT2D eigenvalue weighted by Gasteiger charge is 2.32. The summed E-state index contributed by atoms with van der Waals surface area (Å²) in [6, 6.07) is 0. The number of carbonyl (C=O) groups excluding carboxylic acids is 2. The zero-order valence-electron chi connectivity index (χ0n) is 8.54. The minimum Gasteiger partial charge on any atom is -0.470 e. The molecule has 0 aromatic carbocycles. The third-order valence-electron chi connectivity index (χ3n) is 2.49. The molecule has 0 aromatic heterocycles. The van der Waals surface area contributed by atoms with Gasteiger partial charge in [-0.25, -0.2) is 4.79 Å². The molecular formula is C10H13NO4. The highest BCUT2D eigenvalue weighted by atomic mass is 16.5. The number of nitrogens with one attached hydrogen (secondary N) is 1. The molecule has 0 saturated heterocycles. The van der Waals surface area contributed by atoms with Crippen molar-refractivity contribution < 1.29 is 19.1 Å². The van der Waals surface area contributed by atoms with E-state index >= 15 is 0 Å². The van der Waals surface area contributed by atoms with Crippen molar-refractivity contribution in [3.05, 3.63) is 11.5 Å². The molecule has 5 nitrogen and oxygen atoms in total. The predicted octanol–water partition coefficient (Wildman–Crippen LogP) is -0.0301. The van der Waals surface area contributed by atoms with Crippen LogP contribution < -0.4 is 5.32 Å². The Morgan fingerprint density at radius 1 is 1.60 bits per heavy atom. The minimum absolute atomic E-state index is 0.0122. The molecule has 0 unspecified atom stereocenters. The van der Waals surface area contributed by atoms with Crippen LogP contribution in [0.1, 0.15) is 12.8 Å². The summed E-state index contributed by atoms with van der Waals surface area (Å²) in [6.07, 6.45) is 2.39. The predicted molar refractivity (Wildman–Crippen MR) is 50.7 cm³/mol. The average molecular weight is 211 g/mol. The van der Waals surface area contributed by atoms with E-state index in [1.54, 1.807) is 0 Å². The fourth-order valence-electron chi connectivity index (χ4n) is 1.42. The molecule has 1 aliphatic heterocycles. The molecule has 1 fully saturated rings. The lowest BCUT2D eigenvalue weighted by Gasteiger charge is -2.06. The van der Waals surface area contributed by atoms with Gasteiger partial charge in [-0.1, -0.05) is 0 Å². The molecule has 2 rings (SSSR count). The van der Waals surface area contributed by atoms with E-state index in [9.17, 15) is 9.59 Å². The smallest absolute Gasteiger partial charge is 0.347 e. The molecule has 0 spiro atoms. The van der Waals surface area contributed by atoms with Gasteiger partial charge in [-0.2, -0.15) is 0 Å². The Morgan fingerprint density at radius 3 is 2.93 bits per heavy atom. The summed E-state index contributed by atoms with van der Waals surface area (Å²) in [5, 5.41) is 2.98. The van der Waals surface area contributed by atoms with Gasteiger partial charge in [0.25, 0.3) is 0 Å². The number of hydrogen-bond acceptors (Lipinski definition) is 5. The molecule has 1 aliphatic carbocycles. The molecule has 82 valence electrons. The number of ether oxygens (including phenoxy) is 2. The zero-order valence-corrected chi connectivity index (χ0v) is 8.54. The summed E-state index contributed by atoms with van der Waals surface area (Å²) in [7, 11) is 1.25. The van der Waals surface area contributed by atoms with Gasteiger partial charge in [-0.15, -0.1) is 0 Å². The molecule has 0 radical (unpaired) electrons. The van der Waals surface area contributed by atoms with Crippen LogP contribution in [-0.4, -0.2) is 32.0 Å². The van der Waals surface area contributed by atoms with E-state index in [1.165, 1.54) is 20.0 Å². The zero-order chi connectivity index (χ0) is 10.8. The van der Waals surface area contributed by atoms with Gasteiger partial charge in [0.05, 0.1) is 7.11 Å². The van der Waals surface area contributed by atoms with Crippen LogP contribution in [0.2, 0.25) is 0 Å². The van der Waals surface area contributed by atoms with Crippen LogP contribution >= 0.6 is 0 Å². The first-order valence-corrected chi connectivity index (χ1v) is 4.95. The normalized spacial score (nSPS) is 20.2. The van der Waals surface area contributed by atoms with Crippen molar-refractivity contribution in [1.29, 1.82) is 0 Å². The van der Waals surface area contributed by atoms with Crippen LogP contribution in [0.3, 0.4) is 0 Å². The lowest BCUT2D eigenvalue weighted by Crippen LogP contribution is -2.21. The topological polar surface area (TPSA) is 64.6 Å². The lowest BCUT2D eigenvalue weighted by atomic mass is 10.2. The number of rotatable bonds is 4. The molecule has 0 atom stereocenters. The fourth-order valence-corrected chi connectivity index (χ4v) is 1.42. The monoisotopic (exact) mass is 211 g/mol. The highest BCUT2D eigenvalue weighted by molar-refractivity contribution is 6.19. The van der Waals surface area contributed by atoms with Crippen molar-refractivity contribution in [2.75, 3.05) is 20.3 Å². The van der Waals surface area contributed by atoms with Gasteiger partial charge in [-0.3, -0.25) is 4.79 Å². The molecule has 0 aromatic rings. The molecule has 2 aliphatic rings. The van der Waals surface area contributed by atoms with E-state index in [2.05, 4.69) is 10.1 Å². The Hall–Kier alpha value is -1.52.